The van der Waals surface area contributed by atoms with Crippen molar-refractivity contribution in [3.8, 4) is 0 Å². The number of carbonyl (C=O) groups excluding carboxylic acids is 1. The predicted molar refractivity (Wildman–Crippen MR) is 128 cm³/mol. The molecule has 2 aliphatic heterocycles. The summed E-state index contributed by atoms with van der Waals surface area (Å²) in [5, 5.41) is 21.0. The molecule has 5 rings (SSSR count). The van der Waals surface area contributed by atoms with E-state index in [-0.39, 0.29) is 29.9 Å². The van der Waals surface area contributed by atoms with Gasteiger partial charge in [0.25, 0.3) is 0 Å². The number of likely N-dealkylation sites (tertiary alicyclic amines) is 1. The molecule has 1 aliphatic carbocycles. The molecular formula is C27H35N3O3. The van der Waals surface area contributed by atoms with Gasteiger partial charge in [0.05, 0.1) is 36.5 Å². The first kappa shape index (κ1) is 22.4. The van der Waals surface area contributed by atoms with Gasteiger partial charge in [0.1, 0.15) is 0 Å². The number of imidazole rings is 1. The summed E-state index contributed by atoms with van der Waals surface area (Å²) < 4.78 is 2.21. The Morgan fingerprint density at radius 2 is 1.79 bits per heavy atom. The lowest BCUT2D eigenvalue weighted by atomic mass is 9.77. The van der Waals surface area contributed by atoms with E-state index in [2.05, 4.69) is 40.7 Å². The number of benzene rings is 1. The highest BCUT2D eigenvalue weighted by atomic mass is 16.3. The first-order valence-electron chi connectivity index (χ1n) is 12.5. The largest absolute Gasteiger partial charge is 0.393 e. The smallest absolute Gasteiger partial charge is 0.225 e. The van der Waals surface area contributed by atoms with Crippen LogP contribution in [0.3, 0.4) is 0 Å². The van der Waals surface area contributed by atoms with E-state index in [0.29, 0.717) is 32.4 Å². The molecule has 2 atom stereocenters. The highest BCUT2D eigenvalue weighted by Crippen LogP contribution is 2.45. The minimum Gasteiger partial charge on any atom is -0.393 e. The van der Waals surface area contributed by atoms with Crippen LogP contribution in [0.1, 0.15) is 69.2 Å². The van der Waals surface area contributed by atoms with Gasteiger partial charge in [-0.1, -0.05) is 30.3 Å². The summed E-state index contributed by atoms with van der Waals surface area (Å²) in [6, 6.07) is 10.5. The fourth-order valence-electron chi connectivity index (χ4n) is 6.15. The SMILES string of the molecule is CC1=C(c2ccccc2)C(CC(O)C2CCC(C(=O)N3CCC(O)CC3)CC2)n2cncc21. The first-order chi connectivity index (χ1) is 16.0. The van der Waals surface area contributed by atoms with Gasteiger partial charge in [-0.3, -0.25) is 4.79 Å². The van der Waals surface area contributed by atoms with Crippen LogP contribution in [0, 0.1) is 11.8 Å². The van der Waals surface area contributed by atoms with Crippen LogP contribution in [0.4, 0.5) is 0 Å². The van der Waals surface area contributed by atoms with E-state index in [1.165, 1.54) is 16.7 Å². The highest BCUT2D eigenvalue weighted by molar-refractivity contribution is 5.93. The molecule has 1 saturated heterocycles. The monoisotopic (exact) mass is 449 g/mol. The summed E-state index contributed by atoms with van der Waals surface area (Å²) in [5.41, 5.74) is 4.85. The molecule has 6 nitrogen and oxygen atoms in total. The van der Waals surface area contributed by atoms with E-state index in [9.17, 15) is 15.0 Å². The summed E-state index contributed by atoms with van der Waals surface area (Å²) in [6.07, 6.45) is 8.66. The third kappa shape index (κ3) is 4.38. The molecule has 2 aromatic rings. The van der Waals surface area contributed by atoms with Crippen molar-refractivity contribution in [3.63, 3.8) is 0 Å². The third-order valence-electron chi connectivity index (χ3n) is 8.11. The molecule has 2 N–H and O–H groups in total. The van der Waals surface area contributed by atoms with E-state index in [0.717, 1.165) is 31.4 Å². The minimum absolute atomic E-state index is 0.0671. The Morgan fingerprint density at radius 3 is 2.48 bits per heavy atom. The number of carbonyl (C=O) groups is 1. The van der Waals surface area contributed by atoms with Crippen molar-refractivity contribution in [1.82, 2.24) is 14.5 Å². The lowest BCUT2D eigenvalue weighted by Crippen LogP contribution is -2.44. The Hall–Kier alpha value is -2.44. The number of aromatic nitrogens is 2. The van der Waals surface area contributed by atoms with Gasteiger partial charge in [-0.25, -0.2) is 4.98 Å². The summed E-state index contributed by atoms with van der Waals surface area (Å²) in [7, 11) is 0. The van der Waals surface area contributed by atoms with Crippen molar-refractivity contribution < 1.29 is 15.0 Å². The standard InChI is InChI=1S/C27H35N3O3/c1-18-24-16-28-17-30(24)23(26(18)20-5-3-2-4-6-20)15-25(32)19-7-9-21(10-8-19)27(33)29-13-11-22(31)12-14-29/h2-6,16-17,19,21-23,25,31-32H,7-15H2,1H3. The van der Waals surface area contributed by atoms with Crippen LogP contribution >= 0.6 is 0 Å². The quantitative estimate of drug-likeness (QED) is 0.726. The molecule has 1 saturated carbocycles. The molecule has 2 fully saturated rings. The average molecular weight is 450 g/mol. The molecule has 2 unspecified atom stereocenters. The number of hydrogen-bond acceptors (Lipinski definition) is 4. The van der Waals surface area contributed by atoms with Gasteiger partial charge in [0.15, 0.2) is 0 Å². The van der Waals surface area contributed by atoms with Crippen molar-refractivity contribution >= 4 is 17.1 Å². The maximum atomic E-state index is 12.9. The minimum atomic E-state index is -0.406. The molecule has 1 amide bonds. The third-order valence-corrected chi connectivity index (χ3v) is 8.11. The molecule has 0 bridgehead atoms. The van der Waals surface area contributed by atoms with Gasteiger partial charge in [-0.2, -0.15) is 0 Å². The van der Waals surface area contributed by atoms with E-state index < -0.39 is 6.10 Å². The van der Waals surface area contributed by atoms with E-state index in [1.54, 1.807) is 0 Å². The van der Waals surface area contributed by atoms with Crippen LogP contribution in [0.5, 0.6) is 0 Å². The Morgan fingerprint density at radius 1 is 1.09 bits per heavy atom. The van der Waals surface area contributed by atoms with Crippen LogP contribution < -0.4 is 0 Å². The molecule has 0 radical (unpaired) electrons. The Balaban J connectivity index is 1.23. The Bertz CT molecular complexity index is 999. The lowest BCUT2D eigenvalue weighted by molar-refractivity contribution is -0.139. The average Bonchev–Trinajstić information content (AvgIpc) is 3.43. The Labute approximate surface area is 195 Å². The van der Waals surface area contributed by atoms with Crippen molar-refractivity contribution in [1.29, 1.82) is 0 Å². The van der Waals surface area contributed by atoms with E-state index in [1.807, 2.05) is 23.5 Å². The van der Waals surface area contributed by atoms with Gasteiger partial charge in [-0.05, 0) is 74.5 Å². The van der Waals surface area contributed by atoms with Gasteiger partial charge < -0.3 is 19.7 Å². The van der Waals surface area contributed by atoms with Crippen LogP contribution in [-0.4, -0.2) is 55.9 Å². The topological polar surface area (TPSA) is 78.6 Å². The van der Waals surface area contributed by atoms with Crippen molar-refractivity contribution in [2.75, 3.05) is 13.1 Å². The van der Waals surface area contributed by atoms with Crippen molar-refractivity contribution in [2.24, 2.45) is 11.8 Å². The zero-order chi connectivity index (χ0) is 22.9. The molecule has 6 heteroatoms. The molecule has 0 spiro atoms. The number of aliphatic hydroxyl groups is 2. The normalized spacial score (nSPS) is 27.0. The number of allylic oxidation sites excluding steroid dienone is 2. The zero-order valence-electron chi connectivity index (χ0n) is 19.4. The molecule has 1 aromatic carbocycles. The number of aliphatic hydroxyl groups excluding tert-OH is 2. The Kier molecular flexibility index (Phi) is 6.39. The lowest BCUT2D eigenvalue weighted by Gasteiger charge is -2.36. The summed E-state index contributed by atoms with van der Waals surface area (Å²) in [6.45, 7) is 3.50. The predicted octanol–water partition coefficient (Wildman–Crippen LogP) is 3.91. The fraction of sp³-hybridized carbons (Fsp3) is 0.556. The number of fused-ring (bicyclic) bond motifs is 1. The van der Waals surface area contributed by atoms with E-state index >= 15 is 0 Å². The number of rotatable bonds is 5. The molecule has 176 valence electrons. The summed E-state index contributed by atoms with van der Waals surface area (Å²) in [5.74, 6) is 0.540. The molecule has 1 aromatic heterocycles. The molecule has 3 aliphatic rings. The fourth-order valence-corrected chi connectivity index (χ4v) is 6.15. The molecular weight excluding hydrogens is 414 g/mol. The van der Waals surface area contributed by atoms with Gasteiger partial charge >= 0.3 is 0 Å². The number of nitrogens with zero attached hydrogens (tertiary/aromatic N) is 3. The van der Waals surface area contributed by atoms with Crippen LogP contribution in [0.25, 0.3) is 11.1 Å². The molecule has 3 heterocycles. The first-order valence-corrected chi connectivity index (χ1v) is 12.5. The maximum absolute atomic E-state index is 12.9. The number of amides is 1. The van der Waals surface area contributed by atoms with Crippen LogP contribution in [0.2, 0.25) is 0 Å². The van der Waals surface area contributed by atoms with Crippen LogP contribution in [-0.2, 0) is 4.79 Å². The van der Waals surface area contributed by atoms with E-state index in [4.69, 9.17) is 0 Å². The summed E-state index contributed by atoms with van der Waals surface area (Å²) >= 11 is 0. The molecule has 33 heavy (non-hydrogen) atoms. The number of piperidine rings is 1. The number of hydrogen-bond donors (Lipinski definition) is 2. The van der Waals surface area contributed by atoms with Gasteiger partial charge in [0, 0.05) is 19.0 Å². The second kappa shape index (κ2) is 9.43. The maximum Gasteiger partial charge on any atom is 0.225 e. The van der Waals surface area contributed by atoms with Crippen LogP contribution in [0.15, 0.2) is 42.9 Å². The van der Waals surface area contributed by atoms with Crippen molar-refractivity contribution in [3.05, 3.63) is 54.1 Å². The summed E-state index contributed by atoms with van der Waals surface area (Å²) in [4.78, 5) is 19.2. The van der Waals surface area contributed by atoms with Gasteiger partial charge in [0.2, 0.25) is 5.91 Å². The second-order valence-corrected chi connectivity index (χ2v) is 10.1. The van der Waals surface area contributed by atoms with Gasteiger partial charge in [-0.15, -0.1) is 0 Å². The zero-order valence-corrected chi connectivity index (χ0v) is 19.4. The highest BCUT2D eigenvalue weighted by Gasteiger charge is 2.37. The van der Waals surface area contributed by atoms with Crippen molar-refractivity contribution in [2.45, 2.75) is 70.1 Å². The second-order valence-electron chi connectivity index (χ2n) is 10.1.